The minimum absolute atomic E-state index is 0.0719. The molecule has 2 aliphatic rings. The Bertz CT molecular complexity index is 782. The third-order valence-electron chi connectivity index (χ3n) is 4.70. The average molecular weight is 372 g/mol. The molecule has 4 rings (SSSR count). The third-order valence-corrected chi connectivity index (χ3v) is 5.76. The van der Waals surface area contributed by atoms with Gasteiger partial charge in [0, 0.05) is 30.9 Å². The second-order valence-corrected chi connectivity index (χ2v) is 7.97. The number of thioether (sulfide) groups is 1. The van der Waals surface area contributed by atoms with E-state index in [-0.39, 0.29) is 5.91 Å². The van der Waals surface area contributed by atoms with Gasteiger partial charge >= 0.3 is 0 Å². The Hall–Kier alpha value is -1.86. The molecule has 0 spiro atoms. The number of hydrogen-bond donors (Lipinski definition) is 1. The SMILES string of the molecule is CC(=O)Nc1cccc(-n2c(SCC3CCCCO3)nnc2C2CC2)c1. The van der Waals surface area contributed by atoms with Crippen LogP contribution in [-0.2, 0) is 9.53 Å². The van der Waals surface area contributed by atoms with Gasteiger partial charge in [0.2, 0.25) is 5.91 Å². The van der Waals surface area contributed by atoms with Gasteiger partial charge in [-0.2, -0.15) is 0 Å². The quantitative estimate of drug-likeness (QED) is 0.782. The summed E-state index contributed by atoms with van der Waals surface area (Å²) in [6, 6.07) is 7.88. The van der Waals surface area contributed by atoms with Crippen LogP contribution in [0.15, 0.2) is 29.4 Å². The smallest absolute Gasteiger partial charge is 0.221 e. The van der Waals surface area contributed by atoms with Crippen LogP contribution in [0.5, 0.6) is 0 Å². The fourth-order valence-corrected chi connectivity index (χ4v) is 4.28. The first-order valence-corrected chi connectivity index (χ1v) is 10.3. The van der Waals surface area contributed by atoms with E-state index in [4.69, 9.17) is 4.74 Å². The van der Waals surface area contributed by atoms with Gasteiger partial charge in [-0.3, -0.25) is 9.36 Å². The van der Waals surface area contributed by atoms with Crippen molar-refractivity contribution < 1.29 is 9.53 Å². The van der Waals surface area contributed by atoms with Gasteiger partial charge in [0.15, 0.2) is 5.16 Å². The van der Waals surface area contributed by atoms with Gasteiger partial charge in [-0.25, -0.2) is 0 Å². The number of amides is 1. The number of ether oxygens (including phenoxy) is 1. The van der Waals surface area contributed by atoms with E-state index in [0.29, 0.717) is 12.0 Å². The lowest BCUT2D eigenvalue weighted by Crippen LogP contribution is -2.21. The Morgan fingerprint density at radius 2 is 2.19 bits per heavy atom. The largest absolute Gasteiger partial charge is 0.377 e. The molecule has 0 radical (unpaired) electrons. The summed E-state index contributed by atoms with van der Waals surface area (Å²) in [4.78, 5) is 11.4. The molecule has 1 unspecified atom stereocenters. The number of carbonyl (C=O) groups excluding carboxylic acids is 1. The topological polar surface area (TPSA) is 69.0 Å². The molecule has 7 heteroatoms. The molecule has 2 fully saturated rings. The summed E-state index contributed by atoms with van der Waals surface area (Å²) in [7, 11) is 0. The molecule has 2 heterocycles. The normalized spacial score (nSPS) is 20.1. The molecule has 1 aliphatic carbocycles. The van der Waals surface area contributed by atoms with Crippen LogP contribution >= 0.6 is 11.8 Å². The van der Waals surface area contributed by atoms with Crippen molar-refractivity contribution >= 4 is 23.4 Å². The van der Waals surface area contributed by atoms with E-state index in [1.807, 2.05) is 24.3 Å². The van der Waals surface area contributed by atoms with Crippen molar-refractivity contribution in [1.82, 2.24) is 14.8 Å². The summed E-state index contributed by atoms with van der Waals surface area (Å²) in [6.07, 6.45) is 6.16. The second kappa shape index (κ2) is 7.80. The first-order valence-electron chi connectivity index (χ1n) is 9.28. The van der Waals surface area contributed by atoms with Crippen LogP contribution in [0.25, 0.3) is 5.69 Å². The molecule has 1 aromatic heterocycles. The zero-order valence-corrected chi connectivity index (χ0v) is 15.8. The van der Waals surface area contributed by atoms with E-state index in [2.05, 4.69) is 20.1 Å². The number of carbonyl (C=O) groups is 1. The van der Waals surface area contributed by atoms with E-state index in [0.717, 1.165) is 41.1 Å². The number of nitrogens with zero attached hydrogens (tertiary/aromatic N) is 3. The molecule has 1 aromatic carbocycles. The Balaban J connectivity index is 1.59. The number of rotatable bonds is 6. The van der Waals surface area contributed by atoms with Crippen molar-refractivity contribution in [2.75, 3.05) is 17.7 Å². The highest BCUT2D eigenvalue weighted by Gasteiger charge is 2.31. The zero-order chi connectivity index (χ0) is 17.9. The number of aromatic nitrogens is 3. The van der Waals surface area contributed by atoms with Crippen LogP contribution in [0.1, 0.15) is 50.8 Å². The maximum absolute atomic E-state index is 11.4. The molecule has 6 nitrogen and oxygen atoms in total. The highest BCUT2D eigenvalue weighted by Crippen LogP contribution is 2.41. The minimum Gasteiger partial charge on any atom is -0.377 e. The number of anilines is 1. The van der Waals surface area contributed by atoms with Crippen molar-refractivity contribution in [2.45, 2.75) is 56.2 Å². The Kier molecular flexibility index (Phi) is 5.26. The van der Waals surface area contributed by atoms with E-state index in [1.165, 1.54) is 32.6 Å². The summed E-state index contributed by atoms with van der Waals surface area (Å²) in [5.74, 6) is 2.34. The zero-order valence-electron chi connectivity index (χ0n) is 15.0. The number of benzene rings is 1. The Morgan fingerprint density at radius 3 is 2.92 bits per heavy atom. The van der Waals surface area contributed by atoms with E-state index < -0.39 is 0 Å². The molecule has 1 saturated carbocycles. The van der Waals surface area contributed by atoms with Gasteiger partial charge in [0.1, 0.15) is 5.82 Å². The molecule has 26 heavy (non-hydrogen) atoms. The number of nitrogens with one attached hydrogen (secondary N) is 1. The molecule has 1 atom stereocenters. The highest BCUT2D eigenvalue weighted by atomic mass is 32.2. The molecule has 1 aliphatic heterocycles. The van der Waals surface area contributed by atoms with Crippen LogP contribution in [0.4, 0.5) is 5.69 Å². The van der Waals surface area contributed by atoms with Crippen LogP contribution in [0, 0.1) is 0 Å². The van der Waals surface area contributed by atoms with Crippen molar-refractivity contribution in [1.29, 1.82) is 0 Å². The summed E-state index contributed by atoms with van der Waals surface area (Å²) in [5.41, 5.74) is 1.78. The maximum atomic E-state index is 11.4. The van der Waals surface area contributed by atoms with Crippen LogP contribution < -0.4 is 5.32 Å². The van der Waals surface area contributed by atoms with Crippen molar-refractivity contribution in [3.63, 3.8) is 0 Å². The predicted molar refractivity (Wildman–Crippen MR) is 102 cm³/mol. The molecule has 0 bridgehead atoms. The maximum Gasteiger partial charge on any atom is 0.221 e. The fraction of sp³-hybridized carbons (Fsp3) is 0.526. The standard InChI is InChI=1S/C19H24N4O2S/c1-13(24)20-15-5-4-6-16(11-15)23-18(14-8-9-14)21-22-19(23)26-12-17-7-2-3-10-25-17/h4-6,11,14,17H,2-3,7-10,12H2,1H3,(H,20,24). The monoisotopic (exact) mass is 372 g/mol. The van der Waals surface area contributed by atoms with Crippen molar-refractivity contribution in [3.8, 4) is 5.69 Å². The van der Waals surface area contributed by atoms with Gasteiger partial charge in [-0.15, -0.1) is 10.2 Å². The minimum atomic E-state index is -0.0719. The van der Waals surface area contributed by atoms with Gasteiger partial charge in [-0.1, -0.05) is 17.8 Å². The molecule has 1 saturated heterocycles. The van der Waals surface area contributed by atoms with Gasteiger partial charge in [0.05, 0.1) is 11.8 Å². The van der Waals surface area contributed by atoms with Gasteiger partial charge in [0.25, 0.3) is 0 Å². The van der Waals surface area contributed by atoms with E-state index in [9.17, 15) is 4.79 Å². The molecular weight excluding hydrogens is 348 g/mol. The van der Waals surface area contributed by atoms with Gasteiger partial charge < -0.3 is 10.1 Å². The Labute approximate surface area is 157 Å². The lowest BCUT2D eigenvalue weighted by Gasteiger charge is -2.22. The predicted octanol–water partition coefficient (Wildman–Crippen LogP) is 3.76. The molecule has 1 N–H and O–H groups in total. The van der Waals surface area contributed by atoms with Gasteiger partial charge in [-0.05, 0) is 50.3 Å². The molecular formula is C19H24N4O2S. The van der Waals surface area contributed by atoms with E-state index in [1.54, 1.807) is 11.8 Å². The van der Waals surface area contributed by atoms with Crippen LogP contribution in [0.3, 0.4) is 0 Å². The lowest BCUT2D eigenvalue weighted by molar-refractivity contribution is -0.114. The molecule has 1 amide bonds. The molecule has 138 valence electrons. The Morgan fingerprint density at radius 1 is 1.31 bits per heavy atom. The number of hydrogen-bond acceptors (Lipinski definition) is 5. The first-order chi connectivity index (χ1) is 12.7. The first kappa shape index (κ1) is 17.5. The van der Waals surface area contributed by atoms with Crippen LogP contribution in [0.2, 0.25) is 0 Å². The summed E-state index contributed by atoms with van der Waals surface area (Å²) in [6.45, 7) is 2.39. The van der Waals surface area contributed by atoms with Crippen molar-refractivity contribution in [2.24, 2.45) is 0 Å². The summed E-state index contributed by atoms with van der Waals surface area (Å²) in [5, 5.41) is 12.7. The van der Waals surface area contributed by atoms with E-state index >= 15 is 0 Å². The lowest BCUT2D eigenvalue weighted by atomic mass is 10.1. The summed E-state index contributed by atoms with van der Waals surface area (Å²) >= 11 is 1.71. The highest BCUT2D eigenvalue weighted by molar-refractivity contribution is 7.99. The fourth-order valence-electron chi connectivity index (χ4n) is 3.26. The van der Waals surface area contributed by atoms with Crippen LogP contribution in [-0.4, -0.2) is 39.1 Å². The summed E-state index contributed by atoms with van der Waals surface area (Å²) < 4.78 is 8.00. The third kappa shape index (κ3) is 4.10. The van der Waals surface area contributed by atoms with Crippen molar-refractivity contribution in [3.05, 3.63) is 30.1 Å². The average Bonchev–Trinajstić information content (AvgIpc) is 3.40. The molecule has 2 aromatic rings. The second-order valence-electron chi connectivity index (χ2n) is 6.98.